The largest absolute Gasteiger partial charge is 0.478 e. The molecule has 0 aliphatic heterocycles. The van der Waals surface area contributed by atoms with Crippen molar-refractivity contribution in [2.24, 2.45) is 0 Å². The number of benzene rings is 1. The van der Waals surface area contributed by atoms with Gasteiger partial charge in [0.05, 0.1) is 11.3 Å². The Morgan fingerprint density at radius 2 is 1.86 bits per heavy atom. The summed E-state index contributed by atoms with van der Waals surface area (Å²) in [4.78, 5) is 33.6. The molecular weight excluding hydrogens is 325 g/mol. The van der Waals surface area contributed by atoms with Crippen LogP contribution >= 0.6 is 11.3 Å². The van der Waals surface area contributed by atoms with Crippen LogP contribution in [-0.2, 0) is 6.18 Å². The first-order chi connectivity index (χ1) is 10.2. The Bertz CT molecular complexity index is 794. The molecule has 1 amide bonds. The number of thiazole rings is 1. The van der Waals surface area contributed by atoms with Crippen LogP contribution in [0.1, 0.15) is 25.7 Å². The molecule has 2 aromatic rings. The highest BCUT2D eigenvalue weighted by molar-refractivity contribution is 7.11. The lowest BCUT2D eigenvalue weighted by molar-refractivity contribution is -0.141. The summed E-state index contributed by atoms with van der Waals surface area (Å²) in [7, 11) is 0. The number of alkyl halides is 3. The zero-order valence-corrected chi connectivity index (χ0v) is 11.3. The van der Waals surface area contributed by atoms with Gasteiger partial charge in [-0.05, 0) is 12.1 Å². The lowest BCUT2D eigenvalue weighted by atomic mass is 10.2. The van der Waals surface area contributed by atoms with Crippen molar-refractivity contribution in [3.8, 4) is 0 Å². The first-order valence-electron chi connectivity index (χ1n) is 5.64. The molecule has 0 radical (unpaired) electrons. The number of rotatable bonds is 3. The molecule has 0 fully saturated rings. The normalized spacial score (nSPS) is 11.2. The standard InChI is InChI=1S/C12H7F3N2O4S/c13-12(14,15)8-7(22-11(21)17-8)9(18)16-6-4-2-1-3-5(6)10(19)20/h1-4H,(H,16,18)(H,17,21)(H,19,20). The molecule has 2 rings (SSSR count). The van der Waals surface area contributed by atoms with Gasteiger partial charge < -0.3 is 15.4 Å². The van der Waals surface area contributed by atoms with Crippen LogP contribution in [0.3, 0.4) is 0 Å². The number of amides is 1. The average molecular weight is 332 g/mol. The molecule has 0 unspecified atom stereocenters. The summed E-state index contributed by atoms with van der Waals surface area (Å²) in [5.74, 6) is -2.57. The third-order valence-corrected chi connectivity index (χ3v) is 3.43. The molecule has 3 N–H and O–H groups in total. The maximum absolute atomic E-state index is 12.7. The van der Waals surface area contributed by atoms with Gasteiger partial charge in [-0.15, -0.1) is 0 Å². The summed E-state index contributed by atoms with van der Waals surface area (Å²) in [6.45, 7) is 0. The van der Waals surface area contributed by atoms with Crippen molar-refractivity contribution in [2.45, 2.75) is 6.18 Å². The van der Waals surface area contributed by atoms with E-state index in [0.29, 0.717) is 0 Å². The van der Waals surface area contributed by atoms with E-state index in [9.17, 15) is 27.6 Å². The zero-order chi connectivity index (χ0) is 16.5. The minimum absolute atomic E-state index is 0.0923. The fraction of sp³-hybridized carbons (Fsp3) is 0.0833. The number of aromatic nitrogens is 1. The summed E-state index contributed by atoms with van der Waals surface area (Å²) in [6.07, 6.45) is -4.90. The van der Waals surface area contributed by atoms with E-state index in [-0.39, 0.29) is 22.6 Å². The first kappa shape index (κ1) is 15.8. The van der Waals surface area contributed by atoms with Gasteiger partial charge in [0, 0.05) is 0 Å². The Kier molecular flexibility index (Phi) is 4.04. The molecule has 0 bridgehead atoms. The minimum atomic E-state index is -4.90. The number of halogens is 3. The Labute approximate surface area is 124 Å². The third-order valence-electron chi connectivity index (χ3n) is 2.54. The number of carbonyl (C=O) groups is 2. The second-order valence-corrected chi connectivity index (χ2v) is 5.00. The number of H-pyrrole nitrogens is 1. The second-order valence-electron chi connectivity index (χ2n) is 4.02. The molecular formula is C12H7F3N2O4S. The van der Waals surface area contributed by atoms with E-state index < -0.39 is 33.5 Å². The lowest BCUT2D eigenvalue weighted by Crippen LogP contribution is -2.18. The average Bonchev–Trinajstić information content (AvgIpc) is 2.81. The molecule has 116 valence electrons. The summed E-state index contributed by atoms with van der Waals surface area (Å²) < 4.78 is 38.2. The van der Waals surface area contributed by atoms with Crippen LogP contribution in [0.25, 0.3) is 0 Å². The molecule has 0 atom stereocenters. The molecule has 10 heteroatoms. The molecule has 0 spiro atoms. The second kappa shape index (κ2) is 5.64. The van der Waals surface area contributed by atoms with Gasteiger partial charge in [0.25, 0.3) is 5.91 Å². The van der Waals surface area contributed by atoms with Crippen molar-refractivity contribution in [1.29, 1.82) is 0 Å². The van der Waals surface area contributed by atoms with Crippen LogP contribution < -0.4 is 10.2 Å². The maximum Gasteiger partial charge on any atom is 0.432 e. The van der Waals surface area contributed by atoms with Crippen LogP contribution in [0.5, 0.6) is 0 Å². The molecule has 1 aromatic carbocycles. The molecule has 22 heavy (non-hydrogen) atoms. The van der Waals surface area contributed by atoms with Crippen LogP contribution in [0, 0.1) is 0 Å². The number of para-hydroxylation sites is 1. The van der Waals surface area contributed by atoms with Gasteiger partial charge in [-0.1, -0.05) is 23.5 Å². The Hall–Kier alpha value is -2.62. The van der Waals surface area contributed by atoms with E-state index in [0.717, 1.165) is 0 Å². The number of anilines is 1. The van der Waals surface area contributed by atoms with E-state index in [1.165, 1.54) is 24.3 Å². The van der Waals surface area contributed by atoms with E-state index in [1.807, 2.05) is 0 Å². The van der Waals surface area contributed by atoms with Crippen molar-refractivity contribution in [1.82, 2.24) is 4.98 Å². The van der Waals surface area contributed by atoms with E-state index in [1.54, 1.807) is 4.98 Å². The van der Waals surface area contributed by atoms with Crippen molar-refractivity contribution in [2.75, 3.05) is 5.32 Å². The SMILES string of the molecule is O=C(O)c1ccccc1NC(=O)c1sc(=O)[nH]c1C(F)(F)F. The van der Waals surface area contributed by atoms with Crippen LogP contribution in [0.15, 0.2) is 29.1 Å². The fourth-order valence-electron chi connectivity index (χ4n) is 1.65. The van der Waals surface area contributed by atoms with Crippen molar-refractivity contribution >= 4 is 28.9 Å². The predicted octanol–water partition coefficient (Wildman–Crippen LogP) is 2.41. The molecule has 1 heterocycles. The smallest absolute Gasteiger partial charge is 0.432 e. The molecule has 0 aliphatic rings. The topological polar surface area (TPSA) is 99.3 Å². The number of carboxylic acids is 1. The summed E-state index contributed by atoms with van der Waals surface area (Å²) in [5.41, 5.74) is -1.92. The van der Waals surface area contributed by atoms with Gasteiger partial charge >= 0.3 is 17.0 Å². The van der Waals surface area contributed by atoms with Crippen LogP contribution in [0.4, 0.5) is 18.9 Å². The van der Waals surface area contributed by atoms with Gasteiger partial charge in [0.1, 0.15) is 10.6 Å². The molecule has 1 aromatic heterocycles. The van der Waals surface area contributed by atoms with Crippen LogP contribution in [-0.4, -0.2) is 22.0 Å². The summed E-state index contributed by atoms with van der Waals surface area (Å²) in [5, 5.41) is 11.0. The number of carboxylic acid groups (broad SMARTS) is 1. The van der Waals surface area contributed by atoms with E-state index in [2.05, 4.69) is 5.32 Å². The van der Waals surface area contributed by atoms with Crippen molar-refractivity contribution < 1.29 is 27.9 Å². The van der Waals surface area contributed by atoms with Gasteiger partial charge in [-0.25, -0.2) is 4.79 Å². The minimum Gasteiger partial charge on any atom is -0.478 e. The highest BCUT2D eigenvalue weighted by Gasteiger charge is 2.38. The zero-order valence-electron chi connectivity index (χ0n) is 10.5. The Morgan fingerprint density at radius 1 is 1.23 bits per heavy atom. The fourth-order valence-corrected chi connectivity index (χ4v) is 2.40. The summed E-state index contributed by atoms with van der Waals surface area (Å²) in [6, 6.07) is 5.22. The number of hydrogen-bond acceptors (Lipinski definition) is 4. The maximum atomic E-state index is 12.7. The molecule has 6 nitrogen and oxygen atoms in total. The molecule has 0 aliphatic carbocycles. The summed E-state index contributed by atoms with van der Waals surface area (Å²) >= 11 is 0.0923. The first-order valence-corrected chi connectivity index (χ1v) is 6.46. The number of aromatic carboxylic acids is 1. The quantitative estimate of drug-likeness (QED) is 0.803. The van der Waals surface area contributed by atoms with E-state index >= 15 is 0 Å². The van der Waals surface area contributed by atoms with Crippen molar-refractivity contribution in [3.63, 3.8) is 0 Å². The van der Waals surface area contributed by atoms with Gasteiger partial charge in [-0.3, -0.25) is 9.59 Å². The number of hydrogen-bond donors (Lipinski definition) is 3. The van der Waals surface area contributed by atoms with Crippen LogP contribution in [0.2, 0.25) is 0 Å². The highest BCUT2D eigenvalue weighted by atomic mass is 32.1. The van der Waals surface area contributed by atoms with Gasteiger partial charge in [0.15, 0.2) is 0 Å². The number of nitrogens with one attached hydrogen (secondary N) is 2. The van der Waals surface area contributed by atoms with E-state index in [4.69, 9.17) is 5.11 Å². The monoisotopic (exact) mass is 332 g/mol. The van der Waals surface area contributed by atoms with Gasteiger partial charge in [-0.2, -0.15) is 13.2 Å². The Balaban J connectivity index is 2.39. The Morgan fingerprint density at radius 3 is 2.45 bits per heavy atom. The number of carbonyl (C=O) groups excluding carboxylic acids is 1. The predicted molar refractivity (Wildman–Crippen MR) is 71.3 cm³/mol. The number of aromatic amines is 1. The highest BCUT2D eigenvalue weighted by Crippen LogP contribution is 2.31. The van der Waals surface area contributed by atoms with Gasteiger partial charge in [0.2, 0.25) is 0 Å². The molecule has 0 saturated carbocycles. The molecule has 0 saturated heterocycles. The van der Waals surface area contributed by atoms with Crippen molar-refractivity contribution in [3.05, 3.63) is 50.1 Å². The third kappa shape index (κ3) is 3.17. The lowest BCUT2D eigenvalue weighted by Gasteiger charge is -2.09.